The summed E-state index contributed by atoms with van der Waals surface area (Å²) in [5.41, 5.74) is 2.14. The van der Waals surface area contributed by atoms with Gasteiger partial charge >= 0.3 is 0 Å². The van der Waals surface area contributed by atoms with Crippen molar-refractivity contribution in [2.75, 3.05) is 13.2 Å². The first-order valence-corrected chi connectivity index (χ1v) is 5.47. The lowest BCUT2D eigenvalue weighted by atomic mass is 10.3. The maximum absolute atomic E-state index is 5.42. The Morgan fingerprint density at radius 1 is 1.47 bits per heavy atom. The van der Waals surface area contributed by atoms with Crippen molar-refractivity contribution in [2.24, 2.45) is 0 Å². The summed E-state index contributed by atoms with van der Waals surface area (Å²) in [6.07, 6.45) is 0.264. The number of hydrogen-bond donors (Lipinski definition) is 1. The minimum absolute atomic E-state index is 0.264. The molecule has 1 aromatic rings. The van der Waals surface area contributed by atoms with Gasteiger partial charge in [-0.3, -0.25) is 4.98 Å². The predicted octanol–water partition coefficient (Wildman–Crippen LogP) is 1.90. The molecule has 84 valence electrons. The summed E-state index contributed by atoms with van der Waals surface area (Å²) in [6, 6.07) is 6.07. The van der Waals surface area contributed by atoms with Crippen LogP contribution in [0.5, 0.6) is 0 Å². The van der Waals surface area contributed by atoms with Crippen LogP contribution in [-0.2, 0) is 11.3 Å². The molecule has 0 spiro atoms. The molecule has 1 rings (SSSR count). The van der Waals surface area contributed by atoms with Gasteiger partial charge in [0.15, 0.2) is 0 Å². The molecule has 1 aromatic heterocycles. The van der Waals surface area contributed by atoms with Crippen LogP contribution in [0.1, 0.15) is 25.2 Å². The number of rotatable bonds is 6. The van der Waals surface area contributed by atoms with Gasteiger partial charge in [-0.25, -0.2) is 0 Å². The average Bonchev–Trinajstić information content (AvgIpc) is 2.18. The summed E-state index contributed by atoms with van der Waals surface area (Å²) in [5.74, 6) is 0. The Hall–Kier alpha value is -0.930. The molecule has 1 atom stereocenters. The van der Waals surface area contributed by atoms with E-state index in [0.29, 0.717) is 0 Å². The fourth-order valence-corrected chi connectivity index (χ4v) is 1.44. The number of nitrogens with zero attached hydrogens (tertiary/aromatic N) is 1. The van der Waals surface area contributed by atoms with Crippen LogP contribution in [-0.4, -0.2) is 24.2 Å². The summed E-state index contributed by atoms with van der Waals surface area (Å²) < 4.78 is 5.42. The van der Waals surface area contributed by atoms with Gasteiger partial charge in [0.1, 0.15) is 0 Å². The fraction of sp³-hybridized carbons (Fsp3) is 0.583. The van der Waals surface area contributed by atoms with Crippen LogP contribution in [0.25, 0.3) is 0 Å². The maximum Gasteiger partial charge on any atom is 0.0671 e. The Morgan fingerprint density at radius 3 is 2.93 bits per heavy atom. The van der Waals surface area contributed by atoms with Gasteiger partial charge in [0, 0.05) is 25.4 Å². The molecule has 3 heteroatoms. The number of ether oxygens (including phenoxy) is 1. The average molecular weight is 208 g/mol. The number of pyridine rings is 1. The van der Waals surface area contributed by atoms with Gasteiger partial charge in [0.05, 0.1) is 11.8 Å². The smallest absolute Gasteiger partial charge is 0.0671 e. The molecule has 1 unspecified atom stereocenters. The van der Waals surface area contributed by atoms with Crippen LogP contribution >= 0.6 is 0 Å². The normalized spacial score (nSPS) is 12.7. The van der Waals surface area contributed by atoms with Crippen molar-refractivity contribution < 1.29 is 4.74 Å². The van der Waals surface area contributed by atoms with Crippen LogP contribution in [0.4, 0.5) is 0 Å². The van der Waals surface area contributed by atoms with E-state index in [4.69, 9.17) is 4.74 Å². The first kappa shape index (κ1) is 12.1. The Bertz CT molecular complexity index is 289. The molecular formula is C12H20N2O. The second kappa shape index (κ2) is 6.53. The summed E-state index contributed by atoms with van der Waals surface area (Å²) >= 11 is 0. The minimum Gasteiger partial charge on any atom is -0.377 e. The van der Waals surface area contributed by atoms with E-state index >= 15 is 0 Å². The van der Waals surface area contributed by atoms with Crippen LogP contribution in [0.15, 0.2) is 18.2 Å². The van der Waals surface area contributed by atoms with E-state index in [1.807, 2.05) is 32.0 Å². The van der Waals surface area contributed by atoms with Crippen molar-refractivity contribution in [3.63, 3.8) is 0 Å². The zero-order valence-electron chi connectivity index (χ0n) is 9.79. The summed E-state index contributed by atoms with van der Waals surface area (Å²) in [5, 5.41) is 3.33. The molecule has 0 amide bonds. The third kappa shape index (κ3) is 4.91. The molecule has 0 aromatic carbocycles. The third-order valence-electron chi connectivity index (χ3n) is 2.14. The van der Waals surface area contributed by atoms with Gasteiger partial charge < -0.3 is 10.1 Å². The van der Waals surface area contributed by atoms with E-state index in [9.17, 15) is 0 Å². The van der Waals surface area contributed by atoms with Crippen molar-refractivity contribution in [1.82, 2.24) is 10.3 Å². The maximum atomic E-state index is 5.42. The fourth-order valence-electron chi connectivity index (χ4n) is 1.44. The highest BCUT2D eigenvalue weighted by atomic mass is 16.5. The largest absolute Gasteiger partial charge is 0.377 e. The zero-order valence-corrected chi connectivity index (χ0v) is 9.79. The van der Waals surface area contributed by atoms with Crippen molar-refractivity contribution in [1.29, 1.82) is 0 Å². The highest BCUT2D eigenvalue weighted by Gasteiger charge is 2.00. The van der Waals surface area contributed by atoms with Crippen LogP contribution < -0.4 is 5.32 Å². The molecule has 0 radical (unpaired) electrons. The Kier molecular flexibility index (Phi) is 5.29. The Morgan fingerprint density at radius 2 is 2.27 bits per heavy atom. The lowest BCUT2D eigenvalue weighted by Crippen LogP contribution is -2.26. The molecule has 0 saturated carbocycles. The summed E-state index contributed by atoms with van der Waals surface area (Å²) in [4.78, 5) is 4.41. The predicted molar refractivity (Wildman–Crippen MR) is 61.8 cm³/mol. The Balaban J connectivity index is 2.25. The first-order valence-electron chi connectivity index (χ1n) is 5.47. The molecule has 0 fully saturated rings. The molecule has 0 aliphatic rings. The van der Waals surface area contributed by atoms with Gasteiger partial charge in [-0.05, 0) is 32.9 Å². The second-order valence-electron chi connectivity index (χ2n) is 3.67. The van der Waals surface area contributed by atoms with Crippen LogP contribution in [0.2, 0.25) is 0 Å². The molecule has 15 heavy (non-hydrogen) atoms. The van der Waals surface area contributed by atoms with Gasteiger partial charge in [0.25, 0.3) is 0 Å². The van der Waals surface area contributed by atoms with Crippen molar-refractivity contribution >= 4 is 0 Å². The third-order valence-corrected chi connectivity index (χ3v) is 2.14. The summed E-state index contributed by atoms with van der Waals surface area (Å²) in [7, 11) is 0. The van der Waals surface area contributed by atoms with Gasteiger partial charge in [-0.15, -0.1) is 0 Å². The van der Waals surface area contributed by atoms with E-state index in [2.05, 4.69) is 17.2 Å². The second-order valence-corrected chi connectivity index (χ2v) is 3.67. The molecular weight excluding hydrogens is 188 g/mol. The molecule has 1 heterocycles. The van der Waals surface area contributed by atoms with Crippen LogP contribution in [0, 0.1) is 6.92 Å². The number of nitrogens with one attached hydrogen (secondary N) is 1. The van der Waals surface area contributed by atoms with Crippen LogP contribution in [0.3, 0.4) is 0 Å². The van der Waals surface area contributed by atoms with Crippen molar-refractivity contribution in [3.05, 3.63) is 29.6 Å². The number of hydrogen-bond acceptors (Lipinski definition) is 3. The number of aromatic nitrogens is 1. The number of aryl methyl sites for hydroxylation is 1. The van der Waals surface area contributed by atoms with Gasteiger partial charge in [-0.1, -0.05) is 6.07 Å². The van der Waals surface area contributed by atoms with E-state index < -0.39 is 0 Å². The van der Waals surface area contributed by atoms with Crippen molar-refractivity contribution in [2.45, 2.75) is 33.4 Å². The lowest BCUT2D eigenvalue weighted by Gasteiger charge is -2.12. The monoisotopic (exact) mass is 208 g/mol. The minimum atomic E-state index is 0.264. The molecule has 1 N–H and O–H groups in total. The Labute approximate surface area is 91.9 Å². The molecule has 0 saturated heterocycles. The van der Waals surface area contributed by atoms with E-state index in [1.54, 1.807) is 0 Å². The zero-order chi connectivity index (χ0) is 11.1. The van der Waals surface area contributed by atoms with Crippen molar-refractivity contribution in [3.8, 4) is 0 Å². The quantitative estimate of drug-likeness (QED) is 0.775. The molecule has 0 aliphatic carbocycles. The molecule has 0 bridgehead atoms. The summed E-state index contributed by atoms with van der Waals surface area (Å²) in [6.45, 7) is 8.53. The first-order chi connectivity index (χ1) is 7.22. The van der Waals surface area contributed by atoms with E-state index in [1.165, 1.54) is 0 Å². The topological polar surface area (TPSA) is 34.1 Å². The van der Waals surface area contributed by atoms with E-state index in [-0.39, 0.29) is 6.10 Å². The highest BCUT2D eigenvalue weighted by Crippen LogP contribution is 1.97. The van der Waals surface area contributed by atoms with Gasteiger partial charge in [-0.2, -0.15) is 0 Å². The molecule has 3 nitrogen and oxygen atoms in total. The van der Waals surface area contributed by atoms with Gasteiger partial charge in [0.2, 0.25) is 0 Å². The van der Waals surface area contributed by atoms with E-state index in [0.717, 1.165) is 31.1 Å². The standard InChI is InChI=1S/C12H20N2O/c1-4-15-11(3)8-13-9-12-7-5-6-10(2)14-12/h5-7,11,13H,4,8-9H2,1-3H3. The highest BCUT2D eigenvalue weighted by molar-refractivity contribution is 5.09. The molecule has 0 aliphatic heterocycles. The SMILES string of the molecule is CCOC(C)CNCc1cccc(C)n1. The lowest BCUT2D eigenvalue weighted by molar-refractivity contribution is 0.0759.